The van der Waals surface area contributed by atoms with Crippen molar-refractivity contribution in [2.75, 3.05) is 6.61 Å². The van der Waals surface area contributed by atoms with Crippen molar-refractivity contribution in [2.45, 2.75) is 20.3 Å². The molecule has 0 aliphatic carbocycles. The van der Waals surface area contributed by atoms with Crippen LogP contribution in [-0.4, -0.2) is 28.4 Å². The molecule has 4 rings (SSSR count). The first-order chi connectivity index (χ1) is 16.1. The van der Waals surface area contributed by atoms with Gasteiger partial charge in [0.1, 0.15) is 11.4 Å². The number of nitrogens with zero attached hydrogens (tertiary/aromatic N) is 2. The average Bonchev–Trinajstić information content (AvgIpc) is 3.37. The second-order valence-corrected chi connectivity index (χ2v) is 7.62. The highest BCUT2D eigenvalue weighted by Crippen LogP contribution is 2.22. The summed E-state index contributed by atoms with van der Waals surface area (Å²) in [4.78, 5) is 12.5. The Morgan fingerprint density at radius 2 is 1.61 bits per heavy atom. The molecule has 0 radical (unpaired) electrons. The van der Waals surface area contributed by atoms with Gasteiger partial charge in [-0.3, -0.25) is 9.89 Å². The van der Waals surface area contributed by atoms with Crippen LogP contribution in [0.25, 0.3) is 22.4 Å². The van der Waals surface area contributed by atoms with Gasteiger partial charge in [-0.25, -0.2) is 5.43 Å². The lowest BCUT2D eigenvalue weighted by Gasteiger charge is -2.05. The molecule has 3 aromatic carbocycles. The number of hydrogen-bond donors (Lipinski definition) is 2. The highest BCUT2D eigenvalue weighted by Gasteiger charge is 2.11. The zero-order valence-corrected chi connectivity index (χ0v) is 18.7. The molecule has 0 saturated carbocycles. The normalized spacial score (nSPS) is 11.3. The lowest BCUT2D eigenvalue weighted by Crippen LogP contribution is -2.19. The molecular formula is C27H26N4O2. The number of aromatic nitrogens is 2. The molecule has 0 aliphatic rings. The number of amides is 1. The first-order valence-corrected chi connectivity index (χ1v) is 10.9. The summed E-state index contributed by atoms with van der Waals surface area (Å²) in [6.45, 7) is 4.61. The largest absolute Gasteiger partial charge is 0.494 e. The SMILES string of the molecule is CCCOc1ccc(-c2cc(C(=O)N/N=C(\C)c3ccc(-c4ccccc4)cc3)[nH]n2)cc1. The van der Waals surface area contributed by atoms with Crippen LogP contribution in [0.1, 0.15) is 36.3 Å². The van der Waals surface area contributed by atoms with Gasteiger partial charge in [-0.2, -0.15) is 10.2 Å². The first kappa shape index (κ1) is 22.0. The van der Waals surface area contributed by atoms with Gasteiger partial charge in [-0.05, 0) is 60.4 Å². The quantitative estimate of drug-likeness (QED) is 0.274. The van der Waals surface area contributed by atoms with E-state index in [-0.39, 0.29) is 5.91 Å². The Bertz CT molecular complexity index is 1230. The Labute approximate surface area is 193 Å². The van der Waals surface area contributed by atoms with Gasteiger partial charge in [-0.15, -0.1) is 0 Å². The smallest absolute Gasteiger partial charge is 0.289 e. The molecule has 1 amide bonds. The fraction of sp³-hybridized carbons (Fsp3) is 0.148. The minimum absolute atomic E-state index is 0.340. The number of carbonyl (C=O) groups excluding carboxylic acids is 1. The highest BCUT2D eigenvalue weighted by atomic mass is 16.5. The van der Waals surface area contributed by atoms with E-state index in [1.807, 2.05) is 73.7 Å². The molecule has 0 aliphatic heterocycles. The van der Waals surface area contributed by atoms with E-state index in [4.69, 9.17) is 4.74 Å². The van der Waals surface area contributed by atoms with Gasteiger partial charge in [0, 0.05) is 5.56 Å². The van der Waals surface area contributed by atoms with Gasteiger partial charge in [0.25, 0.3) is 5.91 Å². The molecule has 2 N–H and O–H groups in total. The number of hydrogen-bond acceptors (Lipinski definition) is 4. The Morgan fingerprint density at radius 1 is 0.939 bits per heavy atom. The van der Waals surface area contributed by atoms with Crippen molar-refractivity contribution >= 4 is 11.6 Å². The number of aromatic amines is 1. The Morgan fingerprint density at radius 3 is 2.30 bits per heavy atom. The van der Waals surface area contributed by atoms with Crippen LogP contribution in [0.3, 0.4) is 0 Å². The number of nitrogens with one attached hydrogen (secondary N) is 2. The van der Waals surface area contributed by atoms with Gasteiger partial charge in [0.05, 0.1) is 18.0 Å². The van der Waals surface area contributed by atoms with E-state index >= 15 is 0 Å². The fourth-order valence-electron chi connectivity index (χ4n) is 3.32. The van der Waals surface area contributed by atoms with Gasteiger partial charge >= 0.3 is 0 Å². The topological polar surface area (TPSA) is 79.4 Å². The maximum atomic E-state index is 12.5. The molecule has 0 unspecified atom stereocenters. The highest BCUT2D eigenvalue weighted by molar-refractivity contribution is 6.01. The van der Waals surface area contributed by atoms with Crippen LogP contribution in [0.2, 0.25) is 0 Å². The van der Waals surface area contributed by atoms with E-state index in [0.717, 1.165) is 34.4 Å². The number of hydrazone groups is 1. The van der Waals surface area contributed by atoms with Gasteiger partial charge in [0.15, 0.2) is 0 Å². The summed E-state index contributed by atoms with van der Waals surface area (Å²) >= 11 is 0. The third-order valence-electron chi connectivity index (χ3n) is 5.18. The zero-order chi connectivity index (χ0) is 23.0. The van der Waals surface area contributed by atoms with Crippen molar-refractivity contribution in [1.29, 1.82) is 0 Å². The van der Waals surface area contributed by atoms with E-state index in [0.29, 0.717) is 23.7 Å². The Hall–Kier alpha value is -4.19. The Balaban J connectivity index is 1.39. The predicted molar refractivity (Wildman–Crippen MR) is 131 cm³/mol. The summed E-state index contributed by atoms with van der Waals surface area (Å²) in [7, 11) is 0. The summed E-state index contributed by atoms with van der Waals surface area (Å²) in [5, 5.41) is 11.3. The second kappa shape index (κ2) is 10.4. The van der Waals surface area contributed by atoms with E-state index in [1.165, 1.54) is 0 Å². The number of rotatable bonds is 8. The molecular weight excluding hydrogens is 412 g/mol. The maximum Gasteiger partial charge on any atom is 0.289 e. The van der Waals surface area contributed by atoms with E-state index in [2.05, 4.69) is 39.8 Å². The third kappa shape index (κ3) is 5.54. The number of benzene rings is 3. The standard InChI is InChI=1S/C27H26N4O2/c1-3-17-33-24-15-13-23(14-16-24)25-18-26(30-29-25)27(32)31-28-19(2)20-9-11-22(12-10-20)21-7-5-4-6-8-21/h4-16,18H,3,17H2,1-2H3,(H,29,30)(H,31,32)/b28-19+. The molecule has 6 heteroatoms. The second-order valence-electron chi connectivity index (χ2n) is 7.62. The Kier molecular flexibility index (Phi) is 6.95. The molecule has 166 valence electrons. The molecule has 0 spiro atoms. The number of H-pyrrole nitrogens is 1. The van der Waals surface area contributed by atoms with Crippen molar-refractivity contribution in [3.8, 4) is 28.1 Å². The van der Waals surface area contributed by atoms with Crippen molar-refractivity contribution in [3.63, 3.8) is 0 Å². The van der Waals surface area contributed by atoms with Gasteiger partial charge < -0.3 is 4.74 Å². The van der Waals surface area contributed by atoms with E-state index in [9.17, 15) is 4.79 Å². The molecule has 0 saturated heterocycles. The van der Waals surface area contributed by atoms with Crippen LogP contribution in [0, 0.1) is 0 Å². The molecule has 0 atom stereocenters. The lowest BCUT2D eigenvalue weighted by atomic mass is 10.0. The minimum Gasteiger partial charge on any atom is -0.494 e. The van der Waals surface area contributed by atoms with E-state index < -0.39 is 0 Å². The number of carbonyl (C=O) groups is 1. The van der Waals surface area contributed by atoms with Gasteiger partial charge in [0.2, 0.25) is 0 Å². The monoisotopic (exact) mass is 438 g/mol. The number of ether oxygens (including phenoxy) is 1. The summed E-state index contributed by atoms with van der Waals surface area (Å²) in [5.74, 6) is 0.465. The van der Waals surface area contributed by atoms with Gasteiger partial charge in [-0.1, -0.05) is 61.5 Å². The van der Waals surface area contributed by atoms with Crippen molar-refractivity contribution in [3.05, 3.63) is 96.2 Å². The molecule has 0 bridgehead atoms. The van der Waals surface area contributed by atoms with Crippen LogP contribution in [0.5, 0.6) is 5.75 Å². The summed E-state index contributed by atoms with van der Waals surface area (Å²) in [6, 6.07) is 27.6. The molecule has 4 aromatic rings. The van der Waals surface area contributed by atoms with Crippen molar-refractivity contribution in [1.82, 2.24) is 15.6 Å². The van der Waals surface area contributed by atoms with Crippen LogP contribution in [-0.2, 0) is 0 Å². The fourth-order valence-corrected chi connectivity index (χ4v) is 3.32. The predicted octanol–water partition coefficient (Wildman–Crippen LogP) is 5.69. The average molecular weight is 439 g/mol. The van der Waals surface area contributed by atoms with Crippen molar-refractivity contribution < 1.29 is 9.53 Å². The first-order valence-electron chi connectivity index (χ1n) is 10.9. The summed E-state index contributed by atoms with van der Waals surface area (Å²) in [5.41, 5.74) is 8.45. The molecule has 1 heterocycles. The van der Waals surface area contributed by atoms with Crippen molar-refractivity contribution in [2.24, 2.45) is 5.10 Å². The maximum absolute atomic E-state index is 12.5. The van der Waals surface area contributed by atoms with E-state index in [1.54, 1.807) is 6.07 Å². The van der Waals surface area contributed by atoms with Crippen LogP contribution in [0.4, 0.5) is 0 Å². The molecule has 1 aromatic heterocycles. The zero-order valence-electron chi connectivity index (χ0n) is 18.7. The third-order valence-corrected chi connectivity index (χ3v) is 5.18. The lowest BCUT2D eigenvalue weighted by molar-refractivity contribution is 0.0950. The molecule has 0 fully saturated rings. The molecule has 6 nitrogen and oxygen atoms in total. The van der Waals surface area contributed by atoms with Crippen LogP contribution >= 0.6 is 0 Å². The minimum atomic E-state index is -0.350. The molecule has 33 heavy (non-hydrogen) atoms. The summed E-state index contributed by atoms with van der Waals surface area (Å²) < 4.78 is 5.60. The van der Waals surface area contributed by atoms with Crippen LogP contribution in [0.15, 0.2) is 90.0 Å². The van der Waals surface area contributed by atoms with Crippen LogP contribution < -0.4 is 10.2 Å². The summed E-state index contributed by atoms with van der Waals surface area (Å²) in [6.07, 6.45) is 0.959.